The maximum Gasteiger partial charge on any atom is 0.172 e. The molecular weight excluding hydrogens is 230 g/mol. The number of benzene rings is 1. The van der Waals surface area contributed by atoms with Gasteiger partial charge in [0.05, 0.1) is 11.3 Å². The van der Waals surface area contributed by atoms with Crippen LogP contribution in [0.15, 0.2) is 36.5 Å². The van der Waals surface area contributed by atoms with Gasteiger partial charge in [0.1, 0.15) is 0 Å². The van der Waals surface area contributed by atoms with E-state index < -0.39 is 0 Å². The average molecular weight is 245 g/mol. The molecule has 0 aliphatic carbocycles. The van der Waals surface area contributed by atoms with Gasteiger partial charge >= 0.3 is 0 Å². The van der Waals surface area contributed by atoms with Crippen molar-refractivity contribution in [3.8, 4) is 0 Å². The number of aromatic nitrogens is 1. The number of nitrogens with zero attached hydrogens (tertiary/aromatic N) is 1. The molecule has 0 amide bonds. The third kappa shape index (κ3) is 3.07. The first-order chi connectivity index (χ1) is 8.31. The number of fused-ring (bicyclic) bond motifs is 1. The lowest BCUT2D eigenvalue weighted by Crippen LogP contribution is -2.02. The molecule has 0 bridgehead atoms. The van der Waals surface area contributed by atoms with Crippen molar-refractivity contribution in [3.05, 3.63) is 42.1 Å². The van der Waals surface area contributed by atoms with Crippen LogP contribution in [-0.2, 0) is 0 Å². The number of hydrogen-bond acceptors (Lipinski definition) is 3. The van der Waals surface area contributed by atoms with Crippen molar-refractivity contribution in [1.29, 1.82) is 0 Å². The minimum atomic E-state index is 0.203. The zero-order chi connectivity index (χ0) is 12.1. The summed E-state index contributed by atoms with van der Waals surface area (Å²) in [6, 6.07) is 9.58. The molecule has 17 heavy (non-hydrogen) atoms. The fourth-order valence-corrected chi connectivity index (χ4v) is 2.43. The van der Waals surface area contributed by atoms with Gasteiger partial charge in [-0.1, -0.05) is 13.0 Å². The molecule has 2 rings (SSSR count). The maximum atomic E-state index is 11.9. The van der Waals surface area contributed by atoms with Crippen LogP contribution in [0.25, 0.3) is 10.9 Å². The second-order valence-corrected chi connectivity index (χ2v) is 4.99. The Labute approximate surface area is 105 Å². The van der Waals surface area contributed by atoms with E-state index in [0.717, 1.165) is 28.6 Å². The highest BCUT2D eigenvalue weighted by Crippen LogP contribution is 2.15. The van der Waals surface area contributed by atoms with Gasteiger partial charge < -0.3 is 0 Å². The van der Waals surface area contributed by atoms with Crippen molar-refractivity contribution in [2.75, 3.05) is 11.5 Å². The maximum absolute atomic E-state index is 11.9. The molecule has 0 saturated heterocycles. The highest BCUT2D eigenvalue weighted by molar-refractivity contribution is 7.99. The molecule has 0 saturated carbocycles. The smallest absolute Gasteiger partial charge is 0.172 e. The van der Waals surface area contributed by atoms with E-state index in [-0.39, 0.29) is 5.78 Å². The Kier molecular flexibility index (Phi) is 4.15. The van der Waals surface area contributed by atoms with Crippen molar-refractivity contribution in [1.82, 2.24) is 4.98 Å². The summed E-state index contributed by atoms with van der Waals surface area (Å²) in [7, 11) is 0. The highest BCUT2D eigenvalue weighted by atomic mass is 32.2. The molecule has 1 heterocycles. The predicted molar refractivity (Wildman–Crippen MR) is 73.7 cm³/mol. The molecular formula is C14H15NOS. The molecule has 0 unspecified atom stereocenters. The number of hydrogen-bond donors (Lipinski definition) is 0. The third-order valence-corrected chi connectivity index (χ3v) is 3.67. The van der Waals surface area contributed by atoms with Gasteiger partial charge in [-0.05, 0) is 36.4 Å². The van der Waals surface area contributed by atoms with Crippen LogP contribution in [0.5, 0.6) is 0 Å². The van der Waals surface area contributed by atoms with Crippen LogP contribution in [0.1, 0.15) is 23.7 Å². The summed E-state index contributed by atoms with van der Waals surface area (Å²) in [6.07, 6.45) is 2.88. The Morgan fingerprint density at radius 3 is 3.06 bits per heavy atom. The number of carbonyl (C=O) groups excluding carboxylic acids is 1. The quantitative estimate of drug-likeness (QED) is 0.596. The lowest BCUT2D eigenvalue weighted by Gasteiger charge is -2.02. The van der Waals surface area contributed by atoms with Gasteiger partial charge in [0.15, 0.2) is 5.78 Å². The third-order valence-electron chi connectivity index (χ3n) is 2.51. The molecule has 0 atom stereocenters. The summed E-state index contributed by atoms with van der Waals surface area (Å²) in [5, 5.41) is 1.03. The first-order valence-corrected chi connectivity index (χ1v) is 6.92. The molecule has 1 aromatic carbocycles. The number of rotatable bonds is 5. The molecule has 3 heteroatoms. The van der Waals surface area contributed by atoms with Gasteiger partial charge in [-0.15, -0.1) is 0 Å². The summed E-state index contributed by atoms with van der Waals surface area (Å²) < 4.78 is 0. The SMILES string of the molecule is CCCSCC(=O)c1ccc2ncccc2c1. The summed E-state index contributed by atoms with van der Waals surface area (Å²) in [5.41, 5.74) is 1.72. The molecule has 0 fully saturated rings. The largest absolute Gasteiger partial charge is 0.293 e. The van der Waals surface area contributed by atoms with Crippen LogP contribution in [0, 0.1) is 0 Å². The number of carbonyl (C=O) groups is 1. The van der Waals surface area contributed by atoms with E-state index in [1.54, 1.807) is 18.0 Å². The van der Waals surface area contributed by atoms with Crippen LogP contribution in [-0.4, -0.2) is 22.3 Å². The molecule has 0 radical (unpaired) electrons. The fourth-order valence-electron chi connectivity index (χ4n) is 1.64. The normalized spacial score (nSPS) is 10.6. The van der Waals surface area contributed by atoms with E-state index in [9.17, 15) is 4.79 Å². The first-order valence-electron chi connectivity index (χ1n) is 5.77. The average Bonchev–Trinajstić information content (AvgIpc) is 2.38. The molecule has 88 valence electrons. The van der Waals surface area contributed by atoms with E-state index in [2.05, 4.69) is 11.9 Å². The number of Topliss-reactive ketones (excluding diaryl/α,β-unsaturated/α-hetero) is 1. The van der Waals surface area contributed by atoms with Crippen molar-refractivity contribution < 1.29 is 4.79 Å². The van der Waals surface area contributed by atoms with Crippen LogP contribution in [0.4, 0.5) is 0 Å². The molecule has 2 aromatic rings. The molecule has 1 aromatic heterocycles. The molecule has 0 aliphatic heterocycles. The van der Waals surface area contributed by atoms with Crippen molar-refractivity contribution in [2.45, 2.75) is 13.3 Å². The summed E-state index contributed by atoms with van der Waals surface area (Å²) in [6.45, 7) is 2.12. The van der Waals surface area contributed by atoms with Crippen molar-refractivity contribution >= 4 is 28.4 Å². The van der Waals surface area contributed by atoms with Crippen LogP contribution in [0.3, 0.4) is 0 Å². The standard InChI is InChI=1S/C14H15NOS/c1-2-8-17-10-14(16)12-5-6-13-11(9-12)4-3-7-15-13/h3-7,9H,2,8,10H2,1H3. The summed E-state index contributed by atoms with van der Waals surface area (Å²) in [5.74, 6) is 1.81. The number of ketones is 1. The number of pyridine rings is 1. The van der Waals surface area contributed by atoms with Gasteiger partial charge in [-0.25, -0.2) is 0 Å². The zero-order valence-corrected chi connectivity index (χ0v) is 10.7. The van der Waals surface area contributed by atoms with Gasteiger partial charge in [0, 0.05) is 17.1 Å². The predicted octanol–water partition coefficient (Wildman–Crippen LogP) is 3.56. The van der Waals surface area contributed by atoms with Crippen LogP contribution < -0.4 is 0 Å². The highest BCUT2D eigenvalue weighted by Gasteiger charge is 2.06. The topological polar surface area (TPSA) is 30.0 Å². The van der Waals surface area contributed by atoms with Crippen molar-refractivity contribution in [3.63, 3.8) is 0 Å². The lowest BCUT2D eigenvalue weighted by molar-refractivity contribution is 0.102. The minimum absolute atomic E-state index is 0.203. The lowest BCUT2D eigenvalue weighted by atomic mass is 10.1. The zero-order valence-electron chi connectivity index (χ0n) is 9.85. The number of thioether (sulfide) groups is 1. The Bertz CT molecular complexity index is 524. The molecule has 0 N–H and O–H groups in total. The van der Waals surface area contributed by atoms with Crippen LogP contribution in [0.2, 0.25) is 0 Å². The van der Waals surface area contributed by atoms with Gasteiger partial charge in [-0.3, -0.25) is 9.78 Å². The first kappa shape index (κ1) is 12.1. The monoisotopic (exact) mass is 245 g/mol. The second kappa shape index (κ2) is 5.82. The summed E-state index contributed by atoms with van der Waals surface area (Å²) >= 11 is 1.70. The Hall–Kier alpha value is -1.35. The van der Waals surface area contributed by atoms with E-state index >= 15 is 0 Å². The Morgan fingerprint density at radius 1 is 1.35 bits per heavy atom. The van der Waals surface area contributed by atoms with Gasteiger partial charge in [-0.2, -0.15) is 11.8 Å². The summed E-state index contributed by atoms with van der Waals surface area (Å²) in [4.78, 5) is 16.2. The van der Waals surface area contributed by atoms with Gasteiger partial charge in [0.25, 0.3) is 0 Å². The minimum Gasteiger partial charge on any atom is -0.293 e. The Balaban J connectivity index is 2.15. The van der Waals surface area contributed by atoms with Gasteiger partial charge in [0.2, 0.25) is 0 Å². The van der Waals surface area contributed by atoms with Crippen molar-refractivity contribution in [2.24, 2.45) is 0 Å². The van der Waals surface area contributed by atoms with E-state index in [1.165, 1.54) is 0 Å². The Morgan fingerprint density at radius 2 is 2.24 bits per heavy atom. The van der Waals surface area contributed by atoms with E-state index in [1.807, 2.05) is 30.3 Å². The molecule has 0 aliphatic rings. The molecule has 2 nitrogen and oxygen atoms in total. The van der Waals surface area contributed by atoms with E-state index in [4.69, 9.17) is 0 Å². The van der Waals surface area contributed by atoms with E-state index in [0.29, 0.717) is 5.75 Å². The second-order valence-electron chi connectivity index (χ2n) is 3.89. The van der Waals surface area contributed by atoms with Crippen LogP contribution >= 0.6 is 11.8 Å². The fraction of sp³-hybridized carbons (Fsp3) is 0.286. The molecule has 0 spiro atoms.